The number of carbonyl (C=O) groups excluding carboxylic acids is 1. The molecule has 0 aliphatic heterocycles. The van der Waals surface area contributed by atoms with Crippen LogP contribution in [0.15, 0.2) is 23.1 Å². The number of alkyl halides is 4. The predicted molar refractivity (Wildman–Crippen MR) is 84.5 cm³/mol. The Labute approximate surface area is 144 Å². The number of halogens is 5. The number of nitrogens with zero attached hydrogens (tertiary/aromatic N) is 1. The van der Waals surface area contributed by atoms with Crippen LogP contribution < -0.4 is 5.43 Å². The van der Waals surface area contributed by atoms with Crippen LogP contribution in [0.2, 0.25) is 0 Å². The van der Waals surface area contributed by atoms with Gasteiger partial charge in [0.15, 0.2) is 0 Å². The molecule has 0 aliphatic rings. The summed E-state index contributed by atoms with van der Waals surface area (Å²) in [5.41, 5.74) is -2.87. The highest BCUT2D eigenvalue weighted by Crippen LogP contribution is 2.33. The number of aromatic nitrogens is 1. The average molecular weight is 380 g/mol. The number of aryl methyl sites for hydroxylation is 1. The Balaban J connectivity index is 2.80. The van der Waals surface area contributed by atoms with E-state index in [1.165, 1.54) is 4.57 Å². The molecule has 1 aromatic heterocycles. The molecular weight excluding hydrogens is 366 g/mol. The molecule has 4 nitrogen and oxygen atoms in total. The van der Waals surface area contributed by atoms with Crippen molar-refractivity contribution in [2.24, 2.45) is 0 Å². The summed E-state index contributed by atoms with van der Waals surface area (Å²) in [5.74, 6) is -2.29. The molecule has 9 heteroatoms. The lowest BCUT2D eigenvalue weighted by Gasteiger charge is -2.15. The van der Waals surface area contributed by atoms with Crippen molar-refractivity contribution >= 4 is 28.5 Å². The Bertz CT molecular complexity index is 861. The van der Waals surface area contributed by atoms with E-state index in [-0.39, 0.29) is 35.5 Å². The summed E-state index contributed by atoms with van der Waals surface area (Å²) in [6.45, 7) is 1.70. The number of ether oxygens (including phenoxy) is 1. The molecule has 0 saturated heterocycles. The van der Waals surface area contributed by atoms with Crippen molar-refractivity contribution in [3.05, 3.63) is 45.5 Å². The Hall–Kier alpha value is -2.09. The third-order valence-corrected chi connectivity index (χ3v) is 3.77. The maximum Gasteiger partial charge on any atom is 0.419 e. The standard InChI is InChI=1S/C16H14ClF4NO3/c1-2-25-15(24)10-8-22(5-3-4-17)13-7-11(16(19,20)21)12(18)6-9(13)14(10)23/h6-8H,2-5H2,1H3. The molecule has 136 valence electrons. The van der Waals surface area contributed by atoms with E-state index in [1.807, 2.05) is 0 Å². The van der Waals surface area contributed by atoms with Crippen LogP contribution in [-0.2, 0) is 17.5 Å². The van der Waals surface area contributed by atoms with E-state index < -0.39 is 29.0 Å². The third kappa shape index (κ3) is 3.95. The topological polar surface area (TPSA) is 48.3 Å². The predicted octanol–water partition coefficient (Wildman–Crippen LogP) is 3.97. The minimum atomic E-state index is -4.91. The molecule has 0 spiro atoms. The van der Waals surface area contributed by atoms with Crippen molar-refractivity contribution in [3.8, 4) is 0 Å². The van der Waals surface area contributed by atoms with Gasteiger partial charge in [-0.2, -0.15) is 13.2 Å². The van der Waals surface area contributed by atoms with Crippen molar-refractivity contribution in [1.29, 1.82) is 0 Å². The number of carbonyl (C=O) groups is 1. The summed E-state index contributed by atoms with van der Waals surface area (Å²) in [7, 11) is 0. The normalized spacial score (nSPS) is 11.8. The van der Waals surface area contributed by atoms with Crippen LogP contribution in [0.3, 0.4) is 0 Å². The molecule has 0 saturated carbocycles. The van der Waals surface area contributed by atoms with Crippen molar-refractivity contribution in [2.75, 3.05) is 12.5 Å². The molecule has 0 bridgehead atoms. The first-order valence-electron chi connectivity index (χ1n) is 7.37. The molecule has 0 radical (unpaired) electrons. The van der Waals surface area contributed by atoms with Crippen molar-refractivity contribution in [2.45, 2.75) is 26.1 Å². The number of esters is 1. The van der Waals surface area contributed by atoms with E-state index in [0.717, 1.165) is 6.20 Å². The van der Waals surface area contributed by atoms with Gasteiger partial charge in [-0.25, -0.2) is 9.18 Å². The van der Waals surface area contributed by atoms with Crippen LogP contribution in [-0.4, -0.2) is 23.0 Å². The Morgan fingerprint density at radius 3 is 2.56 bits per heavy atom. The van der Waals surface area contributed by atoms with Gasteiger partial charge in [-0.3, -0.25) is 4.79 Å². The molecule has 0 unspecified atom stereocenters. The summed E-state index contributed by atoms with van der Waals surface area (Å²) in [6.07, 6.45) is -3.42. The van der Waals surface area contributed by atoms with E-state index in [0.29, 0.717) is 18.6 Å². The van der Waals surface area contributed by atoms with Gasteiger partial charge in [0.05, 0.1) is 17.7 Å². The zero-order valence-electron chi connectivity index (χ0n) is 13.1. The number of hydrogen-bond donors (Lipinski definition) is 0. The van der Waals surface area contributed by atoms with Crippen molar-refractivity contribution in [1.82, 2.24) is 4.57 Å². The molecule has 0 atom stereocenters. The van der Waals surface area contributed by atoms with Crippen LogP contribution in [0.25, 0.3) is 10.9 Å². The second kappa shape index (κ2) is 7.43. The molecule has 25 heavy (non-hydrogen) atoms. The van der Waals surface area contributed by atoms with Crippen LogP contribution in [0.1, 0.15) is 29.3 Å². The van der Waals surface area contributed by atoms with E-state index >= 15 is 0 Å². The third-order valence-electron chi connectivity index (χ3n) is 3.50. The van der Waals surface area contributed by atoms with Crippen molar-refractivity contribution < 1.29 is 27.1 Å². The van der Waals surface area contributed by atoms with E-state index in [9.17, 15) is 27.2 Å². The van der Waals surface area contributed by atoms with Gasteiger partial charge in [-0.1, -0.05) is 0 Å². The highest BCUT2D eigenvalue weighted by molar-refractivity contribution is 6.17. The maximum atomic E-state index is 13.9. The lowest BCUT2D eigenvalue weighted by Crippen LogP contribution is -2.22. The summed E-state index contributed by atoms with van der Waals surface area (Å²) in [6, 6.07) is 1.07. The first-order valence-corrected chi connectivity index (χ1v) is 7.91. The van der Waals surface area contributed by atoms with E-state index in [1.54, 1.807) is 6.92 Å². The van der Waals surface area contributed by atoms with Crippen molar-refractivity contribution in [3.63, 3.8) is 0 Å². The number of benzene rings is 1. The minimum Gasteiger partial charge on any atom is -0.462 e. The lowest BCUT2D eigenvalue weighted by molar-refractivity contribution is -0.139. The molecule has 0 fully saturated rings. The summed E-state index contributed by atoms with van der Waals surface area (Å²) >= 11 is 5.61. The summed E-state index contributed by atoms with van der Waals surface area (Å²) in [5, 5.41) is -0.328. The van der Waals surface area contributed by atoms with Gasteiger partial charge in [0.2, 0.25) is 5.43 Å². The first kappa shape index (κ1) is 19.2. The van der Waals surface area contributed by atoms with Gasteiger partial charge in [0.25, 0.3) is 0 Å². The van der Waals surface area contributed by atoms with Gasteiger partial charge in [0, 0.05) is 24.0 Å². The Morgan fingerprint density at radius 1 is 1.32 bits per heavy atom. The second-order valence-electron chi connectivity index (χ2n) is 5.18. The Kier molecular flexibility index (Phi) is 5.72. The molecule has 0 N–H and O–H groups in total. The van der Waals surface area contributed by atoms with Gasteiger partial charge >= 0.3 is 12.1 Å². The quantitative estimate of drug-likeness (QED) is 0.449. The van der Waals surface area contributed by atoms with Crippen LogP contribution in [0.4, 0.5) is 17.6 Å². The number of rotatable bonds is 5. The molecule has 2 aromatic rings. The van der Waals surface area contributed by atoms with Gasteiger partial charge in [0.1, 0.15) is 11.4 Å². The zero-order valence-corrected chi connectivity index (χ0v) is 13.9. The van der Waals surface area contributed by atoms with E-state index in [4.69, 9.17) is 16.3 Å². The monoisotopic (exact) mass is 379 g/mol. The van der Waals surface area contributed by atoms with Crippen LogP contribution >= 0.6 is 11.6 Å². The SMILES string of the molecule is CCOC(=O)c1cn(CCCCl)c2cc(C(F)(F)F)c(F)cc2c1=O. The molecule has 2 rings (SSSR count). The fourth-order valence-corrected chi connectivity index (χ4v) is 2.52. The highest BCUT2D eigenvalue weighted by atomic mass is 35.5. The molecule has 0 aliphatic carbocycles. The summed E-state index contributed by atoms with van der Waals surface area (Å²) < 4.78 is 58.7. The summed E-state index contributed by atoms with van der Waals surface area (Å²) in [4.78, 5) is 24.3. The minimum absolute atomic E-state index is 0.0133. The molecule has 1 heterocycles. The fourth-order valence-electron chi connectivity index (χ4n) is 2.40. The van der Waals surface area contributed by atoms with E-state index in [2.05, 4.69) is 0 Å². The molecule has 1 aromatic carbocycles. The fraction of sp³-hybridized carbons (Fsp3) is 0.375. The highest BCUT2D eigenvalue weighted by Gasteiger charge is 2.35. The largest absolute Gasteiger partial charge is 0.462 e. The first-order chi connectivity index (χ1) is 11.7. The number of pyridine rings is 1. The lowest BCUT2D eigenvalue weighted by atomic mass is 10.1. The second-order valence-corrected chi connectivity index (χ2v) is 5.55. The molecular formula is C16H14ClF4NO3. The van der Waals surface area contributed by atoms with Gasteiger partial charge in [-0.05, 0) is 25.5 Å². The van der Waals surface area contributed by atoms with Gasteiger partial charge in [-0.15, -0.1) is 11.6 Å². The average Bonchev–Trinajstić information content (AvgIpc) is 2.53. The zero-order chi connectivity index (χ0) is 18.8. The maximum absolute atomic E-state index is 13.9. The Morgan fingerprint density at radius 2 is 2.00 bits per heavy atom. The number of hydrogen-bond acceptors (Lipinski definition) is 3. The van der Waals surface area contributed by atoms with Crippen LogP contribution in [0.5, 0.6) is 0 Å². The number of fused-ring (bicyclic) bond motifs is 1. The molecule has 0 amide bonds. The van der Waals surface area contributed by atoms with Crippen LogP contribution in [0, 0.1) is 5.82 Å². The smallest absolute Gasteiger partial charge is 0.419 e. The van der Waals surface area contributed by atoms with Gasteiger partial charge < -0.3 is 9.30 Å².